The van der Waals surface area contributed by atoms with Gasteiger partial charge in [-0.05, 0) is 18.1 Å². The molecule has 0 fully saturated rings. The normalized spacial score (nSPS) is 11.0. The highest BCUT2D eigenvalue weighted by Gasteiger charge is 2.19. The molecule has 0 saturated carbocycles. The zero-order valence-corrected chi connectivity index (χ0v) is 14.7. The number of amides is 1. The number of aromatic nitrogens is 2. The fraction of sp³-hybridized carbons (Fsp3) is 0.375. The topological polar surface area (TPSA) is 56.1 Å². The van der Waals surface area contributed by atoms with Crippen molar-refractivity contribution < 1.29 is 18.3 Å². The van der Waals surface area contributed by atoms with Crippen LogP contribution in [0.2, 0.25) is 0 Å². The maximum Gasteiger partial charge on any atom is 0.407 e. The summed E-state index contributed by atoms with van der Waals surface area (Å²) in [6.45, 7) is 3.96. The van der Waals surface area contributed by atoms with Crippen LogP contribution in [-0.4, -0.2) is 22.7 Å². The molecule has 24 heavy (non-hydrogen) atoms. The molecular weight excluding hydrogens is 336 g/mol. The van der Waals surface area contributed by atoms with Crippen LogP contribution in [0.15, 0.2) is 28.1 Å². The van der Waals surface area contributed by atoms with Crippen molar-refractivity contribution in [3.63, 3.8) is 0 Å². The third kappa shape index (κ3) is 4.25. The largest absolute Gasteiger partial charge is 0.441 e. The molecule has 130 valence electrons. The van der Waals surface area contributed by atoms with Gasteiger partial charge in [0.15, 0.2) is 6.61 Å². The van der Waals surface area contributed by atoms with Crippen LogP contribution in [0, 0.1) is 11.6 Å². The monoisotopic (exact) mass is 355 g/mol. The summed E-state index contributed by atoms with van der Waals surface area (Å²) in [5, 5.41) is 3.12. The predicted molar refractivity (Wildman–Crippen MR) is 87.0 cm³/mol. The molecule has 0 aliphatic heterocycles. The molecule has 0 unspecified atom stereocenters. The summed E-state index contributed by atoms with van der Waals surface area (Å²) in [5.41, 5.74) is 0.780. The van der Waals surface area contributed by atoms with Gasteiger partial charge in [-0.1, -0.05) is 25.6 Å². The Morgan fingerprint density at radius 3 is 2.50 bits per heavy atom. The number of hydrogen-bond donors (Lipinski definition) is 1. The van der Waals surface area contributed by atoms with E-state index in [0.29, 0.717) is 10.7 Å². The van der Waals surface area contributed by atoms with E-state index in [-0.39, 0.29) is 12.5 Å². The summed E-state index contributed by atoms with van der Waals surface area (Å²) in [7, 11) is 3.25. The van der Waals surface area contributed by atoms with Crippen LogP contribution in [0.5, 0.6) is 0 Å². The molecule has 0 saturated heterocycles. The van der Waals surface area contributed by atoms with Gasteiger partial charge < -0.3 is 14.6 Å². The Morgan fingerprint density at radius 1 is 1.33 bits per heavy atom. The number of rotatable bonds is 5. The van der Waals surface area contributed by atoms with Crippen molar-refractivity contribution in [2.75, 3.05) is 7.05 Å². The zero-order valence-electron chi connectivity index (χ0n) is 13.9. The van der Waals surface area contributed by atoms with Gasteiger partial charge in [-0.3, -0.25) is 0 Å². The second-order valence-electron chi connectivity index (χ2n) is 5.47. The van der Waals surface area contributed by atoms with Gasteiger partial charge in [0.05, 0.1) is 5.69 Å². The molecular formula is C16H19F2N3O2S. The van der Waals surface area contributed by atoms with Crippen LogP contribution in [0.1, 0.15) is 31.3 Å². The van der Waals surface area contributed by atoms with E-state index in [4.69, 9.17) is 4.74 Å². The molecule has 0 spiro atoms. The molecule has 1 amide bonds. The van der Waals surface area contributed by atoms with Crippen LogP contribution >= 0.6 is 11.8 Å². The van der Waals surface area contributed by atoms with E-state index in [0.717, 1.165) is 16.8 Å². The fourth-order valence-corrected chi connectivity index (χ4v) is 3.27. The van der Waals surface area contributed by atoms with Crippen molar-refractivity contribution in [1.29, 1.82) is 0 Å². The number of nitrogens with zero attached hydrogens (tertiary/aromatic N) is 2. The lowest BCUT2D eigenvalue weighted by Gasteiger charge is -2.09. The number of alkyl carbamates (subject to hydrolysis) is 1. The molecule has 0 aliphatic carbocycles. The molecule has 1 heterocycles. The lowest BCUT2D eigenvalue weighted by atomic mass is 10.2. The summed E-state index contributed by atoms with van der Waals surface area (Å²) >= 11 is 1.22. The van der Waals surface area contributed by atoms with Crippen molar-refractivity contribution in [2.24, 2.45) is 7.05 Å². The zero-order chi connectivity index (χ0) is 17.9. The highest BCUT2D eigenvalue weighted by atomic mass is 32.2. The second kappa shape index (κ2) is 7.65. The Hall–Kier alpha value is -2.09. The van der Waals surface area contributed by atoms with Crippen LogP contribution in [0.25, 0.3) is 0 Å². The molecule has 0 aliphatic rings. The number of carbonyl (C=O) groups is 1. The van der Waals surface area contributed by atoms with Gasteiger partial charge in [-0.15, -0.1) is 0 Å². The number of carbonyl (C=O) groups excluding carboxylic acids is 1. The van der Waals surface area contributed by atoms with Crippen LogP contribution < -0.4 is 5.32 Å². The standard InChI is InChI=1S/C16H19F2N3O2S/c1-9(2)14-15(24-12-6-10(17)5-11(18)7-12)21(4)13(20-14)8-23-16(22)19-3/h5-7,9H,8H2,1-4H3,(H,19,22). The third-order valence-corrected chi connectivity index (χ3v) is 4.44. The van der Waals surface area contributed by atoms with Gasteiger partial charge >= 0.3 is 6.09 Å². The summed E-state index contributed by atoms with van der Waals surface area (Å²) < 4.78 is 33.6. The van der Waals surface area contributed by atoms with E-state index >= 15 is 0 Å². The molecule has 1 aromatic heterocycles. The Bertz CT molecular complexity index is 727. The number of nitrogens with one attached hydrogen (secondary N) is 1. The van der Waals surface area contributed by atoms with Crippen molar-refractivity contribution >= 4 is 17.9 Å². The molecule has 1 aromatic carbocycles. The van der Waals surface area contributed by atoms with Gasteiger partial charge in [0.25, 0.3) is 0 Å². The van der Waals surface area contributed by atoms with Crippen molar-refractivity contribution in [1.82, 2.24) is 14.9 Å². The molecule has 2 rings (SSSR count). The first kappa shape index (κ1) is 18.3. The highest BCUT2D eigenvalue weighted by Crippen LogP contribution is 2.35. The molecule has 0 atom stereocenters. The Balaban J connectivity index is 2.33. The molecule has 0 bridgehead atoms. The lowest BCUT2D eigenvalue weighted by molar-refractivity contribution is 0.138. The predicted octanol–water partition coefficient (Wildman–Crippen LogP) is 3.83. The second-order valence-corrected chi connectivity index (χ2v) is 6.53. The smallest absolute Gasteiger partial charge is 0.407 e. The summed E-state index contributed by atoms with van der Waals surface area (Å²) in [6.07, 6.45) is -0.550. The van der Waals surface area contributed by atoms with Crippen LogP contribution in [-0.2, 0) is 18.4 Å². The maximum atomic E-state index is 13.4. The average molecular weight is 355 g/mol. The molecule has 8 heteroatoms. The highest BCUT2D eigenvalue weighted by molar-refractivity contribution is 7.99. The van der Waals surface area contributed by atoms with Crippen molar-refractivity contribution in [3.05, 3.63) is 41.4 Å². The minimum absolute atomic E-state index is 0.00790. The summed E-state index contributed by atoms with van der Waals surface area (Å²) in [6, 6.07) is 3.37. The van der Waals surface area contributed by atoms with E-state index in [1.54, 1.807) is 11.6 Å². The van der Waals surface area contributed by atoms with E-state index in [1.807, 2.05) is 13.8 Å². The number of ether oxygens (including phenoxy) is 1. The quantitative estimate of drug-likeness (QED) is 0.886. The Morgan fingerprint density at radius 2 is 1.96 bits per heavy atom. The molecule has 1 N–H and O–H groups in total. The van der Waals surface area contributed by atoms with Crippen molar-refractivity contribution in [3.8, 4) is 0 Å². The first-order valence-electron chi connectivity index (χ1n) is 7.35. The Kier molecular flexibility index (Phi) is 5.82. The number of halogens is 2. The van der Waals surface area contributed by atoms with Gasteiger partial charge in [0.1, 0.15) is 22.5 Å². The van der Waals surface area contributed by atoms with Gasteiger partial charge in [0, 0.05) is 25.1 Å². The molecule has 5 nitrogen and oxygen atoms in total. The first-order valence-corrected chi connectivity index (χ1v) is 8.17. The van der Waals surface area contributed by atoms with Crippen molar-refractivity contribution in [2.45, 2.75) is 36.3 Å². The van der Waals surface area contributed by atoms with E-state index in [2.05, 4.69) is 10.3 Å². The third-order valence-electron chi connectivity index (χ3n) is 3.29. The molecule has 2 aromatic rings. The maximum absolute atomic E-state index is 13.4. The van der Waals surface area contributed by atoms with E-state index in [9.17, 15) is 13.6 Å². The SMILES string of the molecule is CNC(=O)OCc1nc(C(C)C)c(Sc2cc(F)cc(F)c2)n1C. The van der Waals surface area contributed by atoms with E-state index in [1.165, 1.54) is 30.9 Å². The van der Waals surface area contributed by atoms with Crippen LogP contribution in [0.4, 0.5) is 13.6 Å². The Labute approximate surface area is 143 Å². The van der Waals surface area contributed by atoms with E-state index < -0.39 is 17.7 Å². The number of hydrogen-bond acceptors (Lipinski definition) is 4. The van der Waals surface area contributed by atoms with Gasteiger partial charge in [-0.25, -0.2) is 18.6 Å². The summed E-state index contributed by atoms with van der Waals surface area (Å²) in [5.74, 6) is -0.601. The minimum Gasteiger partial charge on any atom is -0.441 e. The average Bonchev–Trinajstić information content (AvgIpc) is 2.81. The van der Waals surface area contributed by atoms with Gasteiger partial charge in [-0.2, -0.15) is 0 Å². The van der Waals surface area contributed by atoms with Gasteiger partial charge in [0.2, 0.25) is 0 Å². The summed E-state index contributed by atoms with van der Waals surface area (Å²) in [4.78, 5) is 16.2. The minimum atomic E-state index is -0.631. The van der Waals surface area contributed by atoms with Crippen LogP contribution in [0.3, 0.4) is 0 Å². The first-order chi connectivity index (χ1) is 11.3. The fourth-order valence-electron chi connectivity index (χ4n) is 2.08. The number of imidazole rings is 1. The molecule has 0 radical (unpaired) electrons. The lowest BCUT2D eigenvalue weighted by Crippen LogP contribution is -2.19. The number of benzene rings is 1.